The molecule has 2 atom stereocenters. The Labute approximate surface area is 276 Å². The average Bonchev–Trinajstić information content (AvgIpc) is 3.00. The van der Waals surface area contributed by atoms with E-state index in [1.165, 1.54) is 37.3 Å². The molecule has 2 amide bonds. The fraction of sp³-hybridized carbons (Fsp3) is 0.394. The van der Waals surface area contributed by atoms with Gasteiger partial charge in [0.15, 0.2) is 11.5 Å². The normalized spacial score (nSPS) is 12.6. The molecule has 0 saturated carbocycles. The molecule has 3 aromatic carbocycles. The molecule has 3 rings (SSSR count). The van der Waals surface area contributed by atoms with E-state index in [1.54, 1.807) is 37.3 Å². The van der Waals surface area contributed by atoms with E-state index < -0.39 is 28.5 Å². The second-order valence-corrected chi connectivity index (χ2v) is 13.6. The minimum Gasteiger partial charge on any atom is -0.493 e. The van der Waals surface area contributed by atoms with Gasteiger partial charge in [0.05, 0.1) is 34.8 Å². The highest BCUT2D eigenvalue weighted by molar-refractivity contribution is 7.92. The predicted molar refractivity (Wildman–Crippen MR) is 179 cm³/mol. The van der Waals surface area contributed by atoms with Gasteiger partial charge in [0, 0.05) is 18.7 Å². The van der Waals surface area contributed by atoms with Crippen LogP contribution in [0.5, 0.6) is 11.5 Å². The third-order valence-electron chi connectivity index (χ3n) is 7.44. The summed E-state index contributed by atoms with van der Waals surface area (Å²) < 4.78 is 40.4. The van der Waals surface area contributed by atoms with Gasteiger partial charge in [0.2, 0.25) is 11.8 Å². The van der Waals surface area contributed by atoms with Crippen LogP contribution in [0.2, 0.25) is 10.0 Å². The van der Waals surface area contributed by atoms with E-state index in [1.807, 2.05) is 33.8 Å². The van der Waals surface area contributed by atoms with Crippen molar-refractivity contribution in [3.05, 3.63) is 81.3 Å². The minimum atomic E-state index is -4.32. The fourth-order valence-corrected chi connectivity index (χ4v) is 6.66. The molecule has 0 radical (unpaired) electrons. The summed E-state index contributed by atoms with van der Waals surface area (Å²) in [5.74, 6) is -0.327. The smallest absolute Gasteiger partial charge is 0.264 e. The molecule has 244 valence electrons. The van der Waals surface area contributed by atoms with Crippen LogP contribution in [-0.2, 0) is 26.2 Å². The molecule has 0 heterocycles. The quantitative estimate of drug-likeness (QED) is 0.208. The summed E-state index contributed by atoms with van der Waals surface area (Å²) in [5.41, 5.74) is 2.57. The van der Waals surface area contributed by atoms with Crippen LogP contribution >= 0.6 is 23.2 Å². The number of carbonyl (C=O) groups excluding carboxylic acids is 2. The van der Waals surface area contributed by atoms with Crippen LogP contribution < -0.4 is 19.1 Å². The summed E-state index contributed by atoms with van der Waals surface area (Å²) in [6.07, 6.45) is 0.994. The second kappa shape index (κ2) is 15.7. The topological polar surface area (TPSA) is 105 Å². The van der Waals surface area contributed by atoms with Crippen LogP contribution in [0.4, 0.5) is 5.69 Å². The largest absolute Gasteiger partial charge is 0.493 e. The van der Waals surface area contributed by atoms with E-state index in [0.29, 0.717) is 39.9 Å². The third kappa shape index (κ3) is 8.83. The number of amides is 2. The van der Waals surface area contributed by atoms with Gasteiger partial charge < -0.3 is 19.7 Å². The number of aryl methyl sites for hydroxylation is 2. The van der Waals surface area contributed by atoms with E-state index in [2.05, 4.69) is 5.32 Å². The van der Waals surface area contributed by atoms with Gasteiger partial charge in [-0.2, -0.15) is 0 Å². The summed E-state index contributed by atoms with van der Waals surface area (Å²) in [6.45, 7) is 8.76. The highest BCUT2D eigenvalue weighted by Crippen LogP contribution is 2.33. The monoisotopic (exact) mass is 677 g/mol. The van der Waals surface area contributed by atoms with Crippen LogP contribution in [-0.4, -0.2) is 58.0 Å². The molecule has 0 aliphatic rings. The van der Waals surface area contributed by atoms with Crippen LogP contribution in [0.25, 0.3) is 0 Å². The van der Waals surface area contributed by atoms with Crippen molar-refractivity contribution in [1.82, 2.24) is 10.2 Å². The Kier molecular flexibility index (Phi) is 12.6. The number of sulfonamides is 1. The number of anilines is 1. The maximum absolute atomic E-state index is 14.4. The Morgan fingerprint density at radius 2 is 1.51 bits per heavy atom. The van der Waals surface area contributed by atoms with Gasteiger partial charge in [-0.25, -0.2) is 8.42 Å². The number of methoxy groups -OCH3 is 2. The van der Waals surface area contributed by atoms with Crippen molar-refractivity contribution >= 4 is 50.7 Å². The summed E-state index contributed by atoms with van der Waals surface area (Å²) >= 11 is 12.4. The Morgan fingerprint density at radius 3 is 2.07 bits per heavy atom. The molecule has 3 aromatic rings. The molecule has 0 fully saturated rings. The van der Waals surface area contributed by atoms with Gasteiger partial charge in [-0.1, -0.05) is 49.2 Å². The van der Waals surface area contributed by atoms with Crippen LogP contribution in [0, 0.1) is 13.8 Å². The van der Waals surface area contributed by atoms with E-state index in [4.69, 9.17) is 32.7 Å². The number of nitrogens with zero attached hydrogens (tertiary/aromatic N) is 2. The molecule has 0 aliphatic carbocycles. The lowest BCUT2D eigenvalue weighted by Crippen LogP contribution is -2.53. The van der Waals surface area contributed by atoms with Crippen molar-refractivity contribution in [1.29, 1.82) is 0 Å². The van der Waals surface area contributed by atoms with Crippen LogP contribution in [0.1, 0.15) is 50.3 Å². The highest BCUT2D eigenvalue weighted by Gasteiger charge is 2.34. The number of benzene rings is 3. The Bertz CT molecular complexity index is 1610. The second-order valence-electron chi connectivity index (χ2n) is 10.9. The van der Waals surface area contributed by atoms with E-state index >= 15 is 0 Å². The zero-order valence-electron chi connectivity index (χ0n) is 26.7. The van der Waals surface area contributed by atoms with Crippen molar-refractivity contribution in [3.63, 3.8) is 0 Å². The number of rotatable bonds is 14. The Hall–Kier alpha value is -3.47. The highest BCUT2D eigenvalue weighted by atomic mass is 35.5. The van der Waals surface area contributed by atoms with Crippen molar-refractivity contribution in [3.8, 4) is 11.5 Å². The van der Waals surface area contributed by atoms with Gasteiger partial charge in [-0.15, -0.1) is 0 Å². The van der Waals surface area contributed by atoms with Gasteiger partial charge in [-0.05, 0) is 86.7 Å². The molecule has 9 nitrogen and oxygen atoms in total. The van der Waals surface area contributed by atoms with Crippen molar-refractivity contribution in [2.45, 2.75) is 71.0 Å². The number of hydrogen-bond acceptors (Lipinski definition) is 6. The molecular weight excluding hydrogens is 637 g/mol. The lowest BCUT2D eigenvalue weighted by atomic mass is 10.1. The summed E-state index contributed by atoms with van der Waals surface area (Å²) in [5, 5.41) is 3.61. The molecule has 0 aliphatic heterocycles. The zero-order chi connectivity index (χ0) is 33.5. The van der Waals surface area contributed by atoms with Crippen molar-refractivity contribution in [2.75, 3.05) is 25.1 Å². The van der Waals surface area contributed by atoms with E-state index in [-0.39, 0.29) is 29.1 Å². The standard InChI is InChI=1S/C33H41Cl2N3O6S/c1-8-23(5)36-33(40)29(9-2)37(19-24-10-12-27(34)28(35)17-24)32(39)20-38(25-15-21(3)14-22(4)16-25)45(41,42)26-11-13-30(43-6)31(18-26)44-7/h10-18,23,29H,8-9,19-20H2,1-7H3,(H,36,40)/t23-,29+/m1/s1. The molecule has 0 aromatic heterocycles. The van der Waals surface area contributed by atoms with Crippen molar-refractivity contribution < 1.29 is 27.5 Å². The number of hydrogen-bond donors (Lipinski definition) is 1. The first-order valence-corrected chi connectivity index (χ1v) is 16.8. The molecule has 0 saturated heterocycles. The predicted octanol–water partition coefficient (Wildman–Crippen LogP) is 6.54. The lowest BCUT2D eigenvalue weighted by Gasteiger charge is -2.34. The van der Waals surface area contributed by atoms with Gasteiger partial charge in [-0.3, -0.25) is 13.9 Å². The Morgan fingerprint density at radius 1 is 0.867 bits per heavy atom. The van der Waals surface area contributed by atoms with Crippen LogP contribution in [0.15, 0.2) is 59.5 Å². The number of halogens is 2. The number of carbonyl (C=O) groups is 2. The van der Waals surface area contributed by atoms with Gasteiger partial charge in [0.25, 0.3) is 10.0 Å². The summed E-state index contributed by atoms with van der Waals surface area (Å²) in [4.78, 5) is 29.1. The van der Waals surface area contributed by atoms with Gasteiger partial charge >= 0.3 is 0 Å². The molecule has 12 heteroatoms. The minimum absolute atomic E-state index is 0.000748. The molecule has 0 bridgehead atoms. The first kappa shape index (κ1) is 36.0. The average molecular weight is 679 g/mol. The van der Waals surface area contributed by atoms with Gasteiger partial charge in [0.1, 0.15) is 12.6 Å². The molecule has 0 unspecified atom stereocenters. The first-order valence-electron chi connectivity index (χ1n) is 14.6. The summed E-state index contributed by atoms with van der Waals surface area (Å²) in [7, 11) is -1.46. The lowest BCUT2D eigenvalue weighted by molar-refractivity contribution is -0.140. The number of nitrogens with one attached hydrogen (secondary N) is 1. The molecule has 0 spiro atoms. The molecule has 1 N–H and O–H groups in total. The Balaban J connectivity index is 2.15. The third-order valence-corrected chi connectivity index (χ3v) is 9.95. The SMILES string of the molecule is CC[C@@H](C)NC(=O)[C@H](CC)N(Cc1ccc(Cl)c(Cl)c1)C(=O)CN(c1cc(C)cc(C)c1)S(=O)(=O)c1ccc(OC)c(OC)c1. The fourth-order valence-electron chi connectivity index (χ4n) is 4.92. The first-order chi connectivity index (χ1) is 21.2. The van der Waals surface area contributed by atoms with Crippen LogP contribution in [0.3, 0.4) is 0 Å². The zero-order valence-corrected chi connectivity index (χ0v) is 29.0. The van der Waals surface area contributed by atoms with E-state index in [0.717, 1.165) is 15.4 Å². The molecule has 45 heavy (non-hydrogen) atoms. The summed E-state index contributed by atoms with van der Waals surface area (Å²) in [6, 6.07) is 13.5. The van der Waals surface area contributed by atoms with Crippen molar-refractivity contribution in [2.24, 2.45) is 0 Å². The maximum Gasteiger partial charge on any atom is 0.264 e. The van der Waals surface area contributed by atoms with E-state index in [9.17, 15) is 18.0 Å². The number of ether oxygens (including phenoxy) is 2. The maximum atomic E-state index is 14.4. The molecular formula is C33H41Cl2N3O6S.